The molecule has 2 aromatic heterocycles. The van der Waals surface area contributed by atoms with Crippen LogP contribution in [-0.4, -0.2) is 26.3 Å². The third-order valence-electron chi connectivity index (χ3n) is 2.50. The highest BCUT2D eigenvalue weighted by Gasteiger charge is 2.11. The quantitative estimate of drug-likeness (QED) is 0.566. The van der Waals surface area contributed by atoms with E-state index < -0.39 is 0 Å². The average Bonchev–Trinajstić information content (AvgIpc) is 3.15. The van der Waals surface area contributed by atoms with Gasteiger partial charge in [0.25, 0.3) is 0 Å². The third-order valence-corrected chi connectivity index (χ3v) is 4.45. The SMILES string of the molecule is CC(=O)Nc1nnc(SCc2nnc(-c3ccccc3)o2)s1. The number of nitrogens with zero attached hydrogens (tertiary/aromatic N) is 4. The molecule has 3 rings (SSSR count). The van der Waals surface area contributed by atoms with Crippen LogP contribution in [0.4, 0.5) is 5.13 Å². The monoisotopic (exact) mass is 333 g/mol. The van der Waals surface area contributed by atoms with Crippen LogP contribution < -0.4 is 5.32 Å². The van der Waals surface area contributed by atoms with Crippen LogP contribution in [-0.2, 0) is 10.5 Å². The summed E-state index contributed by atoms with van der Waals surface area (Å²) in [6.07, 6.45) is 0. The summed E-state index contributed by atoms with van der Waals surface area (Å²) in [5.74, 6) is 1.33. The number of carbonyl (C=O) groups excluding carboxylic acids is 1. The molecule has 22 heavy (non-hydrogen) atoms. The minimum Gasteiger partial charge on any atom is -0.420 e. The predicted molar refractivity (Wildman–Crippen MR) is 83.5 cm³/mol. The second kappa shape index (κ2) is 6.67. The third kappa shape index (κ3) is 3.68. The largest absolute Gasteiger partial charge is 0.420 e. The molecule has 0 saturated heterocycles. The van der Waals surface area contributed by atoms with Crippen LogP contribution >= 0.6 is 23.1 Å². The van der Waals surface area contributed by atoms with Crippen LogP contribution in [0.25, 0.3) is 11.5 Å². The molecule has 3 aromatic rings. The lowest BCUT2D eigenvalue weighted by Crippen LogP contribution is -2.04. The Morgan fingerprint density at radius 2 is 2.05 bits per heavy atom. The lowest BCUT2D eigenvalue weighted by Gasteiger charge is -1.93. The number of benzene rings is 1. The van der Waals surface area contributed by atoms with Crippen molar-refractivity contribution < 1.29 is 9.21 Å². The van der Waals surface area contributed by atoms with Gasteiger partial charge in [-0.05, 0) is 12.1 Å². The predicted octanol–water partition coefficient (Wildman–Crippen LogP) is 2.84. The number of thioether (sulfide) groups is 1. The maximum Gasteiger partial charge on any atom is 0.247 e. The fraction of sp³-hybridized carbons (Fsp3) is 0.154. The van der Waals surface area contributed by atoms with E-state index in [0.29, 0.717) is 22.7 Å². The van der Waals surface area contributed by atoms with Crippen molar-refractivity contribution in [3.05, 3.63) is 36.2 Å². The van der Waals surface area contributed by atoms with Crippen LogP contribution in [0.15, 0.2) is 39.1 Å². The first-order valence-corrected chi connectivity index (χ1v) is 8.12. The molecule has 9 heteroatoms. The van der Waals surface area contributed by atoms with E-state index in [4.69, 9.17) is 4.42 Å². The number of hydrogen-bond acceptors (Lipinski definition) is 8. The summed E-state index contributed by atoms with van der Waals surface area (Å²) in [4.78, 5) is 10.9. The van der Waals surface area contributed by atoms with Gasteiger partial charge in [0, 0.05) is 12.5 Å². The fourth-order valence-corrected chi connectivity index (χ4v) is 3.24. The maximum atomic E-state index is 10.9. The van der Waals surface area contributed by atoms with Gasteiger partial charge in [0.15, 0.2) is 4.34 Å². The molecule has 0 aliphatic rings. The van der Waals surface area contributed by atoms with Crippen LogP contribution in [0.5, 0.6) is 0 Å². The van der Waals surface area contributed by atoms with E-state index in [1.54, 1.807) is 0 Å². The van der Waals surface area contributed by atoms with E-state index in [2.05, 4.69) is 25.7 Å². The lowest BCUT2D eigenvalue weighted by atomic mass is 10.2. The molecule has 1 amide bonds. The van der Waals surface area contributed by atoms with E-state index in [9.17, 15) is 4.79 Å². The van der Waals surface area contributed by atoms with Crippen LogP contribution in [0.2, 0.25) is 0 Å². The van der Waals surface area contributed by atoms with E-state index in [1.165, 1.54) is 30.0 Å². The van der Waals surface area contributed by atoms with Gasteiger partial charge in [-0.25, -0.2) is 0 Å². The number of hydrogen-bond donors (Lipinski definition) is 1. The van der Waals surface area contributed by atoms with Crippen molar-refractivity contribution in [3.8, 4) is 11.5 Å². The van der Waals surface area contributed by atoms with Crippen LogP contribution in [0.1, 0.15) is 12.8 Å². The summed E-state index contributed by atoms with van der Waals surface area (Å²) >= 11 is 2.73. The molecule has 0 aliphatic carbocycles. The zero-order valence-corrected chi connectivity index (χ0v) is 13.1. The molecule has 0 spiro atoms. The lowest BCUT2D eigenvalue weighted by molar-refractivity contribution is -0.114. The molecule has 2 heterocycles. The minimum atomic E-state index is -0.169. The Balaban J connectivity index is 1.61. The minimum absolute atomic E-state index is 0.169. The van der Waals surface area contributed by atoms with Crippen molar-refractivity contribution in [1.29, 1.82) is 0 Å². The topological polar surface area (TPSA) is 93.8 Å². The van der Waals surface area contributed by atoms with E-state index in [1.807, 2.05) is 30.3 Å². The van der Waals surface area contributed by atoms with Gasteiger partial charge in [-0.3, -0.25) is 4.79 Å². The Morgan fingerprint density at radius 3 is 2.82 bits per heavy atom. The highest BCUT2D eigenvalue weighted by molar-refractivity contribution is 8.00. The first kappa shape index (κ1) is 14.7. The number of carbonyl (C=O) groups is 1. The first-order chi connectivity index (χ1) is 10.7. The van der Waals surface area contributed by atoms with Gasteiger partial charge in [0.05, 0.1) is 5.75 Å². The molecular weight excluding hydrogens is 322 g/mol. The average molecular weight is 333 g/mol. The number of rotatable bonds is 5. The number of amides is 1. The summed E-state index contributed by atoms with van der Waals surface area (Å²) in [5.41, 5.74) is 0.884. The van der Waals surface area contributed by atoms with Gasteiger partial charge in [0.1, 0.15) is 0 Å². The number of nitrogens with one attached hydrogen (secondary N) is 1. The molecule has 1 aromatic carbocycles. The molecule has 0 bridgehead atoms. The van der Waals surface area contributed by atoms with Crippen molar-refractivity contribution in [2.75, 3.05) is 5.32 Å². The normalized spacial score (nSPS) is 10.6. The molecule has 0 unspecified atom stereocenters. The molecule has 0 saturated carbocycles. The highest BCUT2D eigenvalue weighted by atomic mass is 32.2. The Kier molecular flexibility index (Phi) is 4.45. The van der Waals surface area contributed by atoms with Gasteiger partial charge < -0.3 is 9.73 Å². The Labute approximate surface area is 134 Å². The van der Waals surface area contributed by atoms with Crippen molar-refractivity contribution in [1.82, 2.24) is 20.4 Å². The molecule has 1 N–H and O–H groups in total. The standard InChI is InChI=1S/C13H11N5O2S2/c1-8(19)14-12-17-18-13(22-12)21-7-10-15-16-11(20-10)9-5-3-2-4-6-9/h2-6H,7H2,1H3,(H,14,17,19). The Hall–Kier alpha value is -2.26. The molecule has 0 radical (unpaired) electrons. The smallest absolute Gasteiger partial charge is 0.247 e. The fourth-order valence-electron chi connectivity index (χ4n) is 1.60. The molecule has 0 aliphatic heterocycles. The summed E-state index contributed by atoms with van der Waals surface area (Å²) in [5, 5.41) is 18.9. The number of aromatic nitrogens is 4. The summed E-state index contributed by atoms with van der Waals surface area (Å²) in [6, 6.07) is 9.58. The van der Waals surface area contributed by atoms with Gasteiger partial charge in [-0.1, -0.05) is 41.3 Å². The zero-order chi connectivity index (χ0) is 15.4. The maximum absolute atomic E-state index is 10.9. The second-order valence-electron chi connectivity index (χ2n) is 4.21. The van der Waals surface area contributed by atoms with Gasteiger partial charge in [-0.15, -0.1) is 20.4 Å². The highest BCUT2D eigenvalue weighted by Crippen LogP contribution is 2.28. The second-order valence-corrected chi connectivity index (χ2v) is 6.41. The van der Waals surface area contributed by atoms with Gasteiger partial charge in [-0.2, -0.15) is 0 Å². The van der Waals surface area contributed by atoms with Crippen molar-refractivity contribution in [2.45, 2.75) is 17.0 Å². The zero-order valence-electron chi connectivity index (χ0n) is 11.5. The summed E-state index contributed by atoms with van der Waals surface area (Å²) in [7, 11) is 0. The van der Waals surface area contributed by atoms with Crippen LogP contribution in [0, 0.1) is 0 Å². The van der Waals surface area contributed by atoms with E-state index in [-0.39, 0.29) is 5.91 Å². The van der Waals surface area contributed by atoms with Crippen molar-refractivity contribution in [3.63, 3.8) is 0 Å². The van der Waals surface area contributed by atoms with E-state index >= 15 is 0 Å². The van der Waals surface area contributed by atoms with Crippen molar-refractivity contribution in [2.24, 2.45) is 0 Å². The van der Waals surface area contributed by atoms with Crippen molar-refractivity contribution >= 4 is 34.1 Å². The van der Waals surface area contributed by atoms with Gasteiger partial charge >= 0.3 is 0 Å². The summed E-state index contributed by atoms with van der Waals surface area (Å²) in [6.45, 7) is 1.43. The molecule has 0 atom stereocenters. The molecular formula is C13H11N5O2S2. The molecule has 112 valence electrons. The molecule has 0 fully saturated rings. The summed E-state index contributed by atoms with van der Waals surface area (Å²) < 4.78 is 6.33. The van der Waals surface area contributed by atoms with E-state index in [0.717, 1.165) is 9.90 Å². The van der Waals surface area contributed by atoms with Gasteiger partial charge in [0.2, 0.25) is 22.8 Å². The Morgan fingerprint density at radius 1 is 1.23 bits per heavy atom. The Bertz CT molecular complexity index is 772. The van der Waals surface area contributed by atoms with Crippen LogP contribution in [0.3, 0.4) is 0 Å². The molecule has 7 nitrogen and oxygen atoms in total. The first-order valence-electron chi connectivity index (χ1n) is 6.32. The number of anilines is 1.